The molecule has 1 rings (SSSR count). The molecule has 0 aliphatic heterocycles. The molecule has 4 nitrogen and oxygen atoms in total. The van der Waals surface area contributed by atoms with Crippen molar-refractivity contribution in [1.29, 1.82) is 0 Å². The Kier molecular flexibility index (Phi) is 12.7. The van der Waals surface area contributed by atoms with Crippen molar-refractivity contribution >= 4 is 11.9 Å². The van der Waals surface area contributed by atoms with Crippen molar-refractivity contribution in [2.45, 2.75) is 86.5 Å². The molecule has 1 amide bonds. The van der Waals surface area contributed by atoms with Gasteiger partial charge in [-0.2, -0.15) is 0 Å². The van der Waals surface area contributed by atoms with E-state index in [1.165, 1.54) is 36.0 Å². The molecule has 0 aromatic heterocycles. The fourth-order valence-electron chi connectivity index (χ4n) is 3.78. The predicted octanol–water partition coefficient (Wildman–Crippen LogP) is 6.76. The van der Waals surface area contributed by atoms with Gasteiger partial charge in [0, 0.05) is 19.4 Å². The minimum absolute atomic E-state index is 0.00645. The predicted molar refractivity (Wildman–Crippen MR) is 134 cm³/mol. The molecule has 178 valence electrons. The van der Waals surface area contributed by atoms with Gasteiger partial charge in [0.1, 0.15) is 6.61 Å². The topological polar surface area (TPSA) is 55.4 Å². The van der Waals surface area contributed by atoms with Crippen LogP contribution in [0.1, 0.15) is 86.5 Å². The van der Waals surface area contributed by atoms with E-state index >= 15 is 0 Å². The number of ether oxygens (including phenoxy) is 1. The highest BCUT2D eigenvalue weighted by atomic mass is 16.5. The lowest BCUT2D eigenvalue weighted by molar-refractivity contribution is -0.142. The number of allylic oxidation sites excluding steroid dienone is 9. The zero-order valence-corrected chi connectivity index (χ0v) is 21.1. The number of nitrogens with one attached hydrogen (secondary N) is 1. The van der Waals surface area contributed by atoms with E-state index < -0.39 is 0 Å². The molecule has 0 radical (unpaired) electrons. The molecule has 0 atom stereocenters. The molecule has 0 spiro atoms. The van der Waals surface area contributed by atoms with Crippen molar-refractivity contribution < 1.29 is 14.3 Å². The van der Waals surface area contributed by atoms with Gasteiger partial charge in [0.05, 0.1) is 0 Å². The third kappa shape index (κ3) is 11.3. The Morgan fingerprint density at radius 2 is 1.88 bits per heavy atom. The Morgan fingerprint density at radius 1 is 1.12 bits per heavy atom. The van der Waals surface area contributed by atoms with Gasteiger partial charge in [0.15, 0.2) is 0 Å². The minimum atomic E-state index is -0.266. The third-order valence-electron chi connectivity index (χ3n) is 5.78. The zero-order chi connectivity index (χ0) is 24.0. The second kappa shape index (κ2) is 14.7. The summed E-state index contributed by atoms with van der Waals surface area (Å²) in [6.07, 6.45) is 18.3. The number of hydrogen-bond donors (Lipinski definition) is 1. The number of rotatable bonds is 12. The molecule has 0 bridgehead atoms. The van der Waals surface area contributed by atoms with E-state index in [-0.39, 0.29) is 30.3 Å². The van der Waals surface area contributed by atoms with E-state index in [4.69, 9.17) is 4.74 Å². The summed E-state index contributed by atoms with van der Waals surface area (Å²) in [6, 6.07) is 0. The summed E-state index contributed by atoms with van der Waals surface area (Å²) in [7, 11) is 0. The fourth-order valence-corrected chi connectivity index (χ4v) is 3.78. The van der Waals surface area contributed by atoms with Crippen molar-refractivity contribution in [2.24, 2.45) is 5.41 Å². The maximum atomic E-state index is 11.8. The van der Waals surface area contributed by atoms with E-state index in [9.17, 15) is 9.59 Å². The van der Waals surface area contributed by atoms with Gasteiger partial charge in [0.2, 0.25) is 5.91 Å². The zero-order valence-electron chi connectivity index (χ0n) is 21.1. The van der Waals surface area contributed by atoms with Gasteiger partial charge in [0.25, 0.3) is 0 Å². The molecule has 32 heavy (non-hydrogen) atoms. The summed E-state index contributed by atoms with van der Waals surface area (Å²) in [5.41, 5.74) is 5.48. The Bertz CT molecular complexity index is 778. The highest BCUT2D eigenvalue weighted by molar-refractivity contribution is 5.76. The standard InChI is InChI=1S/C28H43NO3/c1-7-20-29-26(30)14-9-15-27(31)32-21-18-23(3)12-8-11-22(2)16-17-25-24(4)13-10-19-28(25,5)6/h8,11-12,16-18H,7,9-10,13-15,19-21H2,1-6H3,(H,29,30)/b12-8+,17-16+,22-11+,23-18+. The molecular weight excluding hydrogens is 398 g/mol. The van der Waals surface area contributed by atoms with Gasteiger partial charge in [-0.15, -0.1) is 0 Å². The van der Waals surface area contributed by atoms with Gasteiger partial charge in [-0.25, -0.2) is 0 Å². The van der Waals surface area contributed by atoms with Crippen molar-refractivity contribution in [3.05, 3.63) is 58.7 Å². The fraction of sp³-hybridized carbons (Fsp3) is 0.571. The maximum absolute atomic E-state index is 11.8. The van der Waals surface area contributed by atoms with Crippen LogP contribution in [0.25, 0.3) is 0 Å². The SMILES string of the molecule is CCCNC(=O)CCCC(=O)OC/C=C(C)/C=C/C=C(C)/C=C/C1=C(C)CCCC1(C)C. The molecule has 0 aromatic rings. The lowest BCUT2D eigenvalue weighted by Gasteiger charge is -2.32. The normalized spacial score (nSPS) is 17.3. The van der Waals surface area contributed by atoms with E-state index in [0.717, 1.165) is 12.0 Å². The smallest absolute Gasteiger partial charge is 0.306 e. The van der Waals surface area contributed by atoms with Crippen LogP contribution in [0.4, 0.5) is 0 Å². The largest absolute Gasteiger partial charge is 0.461 e. The number of hydrogen-bond acceptors (Lipinski definition) is 3. The van der Waals surface area contributed by atoms with Crippen LogP contribution in [0.3, 0.4) is 0 Å². The highest BCUT2D eigenvalue weighted by Crippen LogP contribution is 2.40. The lowest BCUT2D eigenvalue weighted by atomic mass is 9.72. The van der Waals surface area contributed by atoms with Crippen molar-refractivity contribution in [2.75, 3.05) is 13.2 Å². The minimum Gasteiger partial charge on any atom is -0.461 e. The number of carbonyl (C=O) groups excluding carboxylic acids is 2. The van der Waals surface area contributed by atoms with Crippen molar-refractivity contribution in [3.63, 3.8) is 0 Å². The van der Waals surface area contributed by atoms with Gasteiger partial charge < -0.3 is 10.1 Å². The Labute approximate surface area is 195 Å². The highest BCUT2D eigenvalue weighted by Gasteiger charge is 2.26. The van der Waals surface area contributed by atoms with Gasteiger partial charge in [-0.1, -0.05) is 67.9 Å². The van der Waals surface area contributed by atoms with Gasteiger partial charge >= 0.3 is 5.97 Å². The Morgan fingerprint density at radius 3 is 2.56 bits per heavy atom. The summed E-state index contributed by atoms with van der Waals surface area (Å²) in [5, 5.41) is 2.80. The average molecular weight is 442 g/mol. The van der Waals surface area contributed by atoms with E-state index in [1.54, 1.807) is 0 Å². The monoisotopic (exact) mass is 441 g/mol. The Hall–Kier alpha value is -2.36. The lowest BCUT2D eigenvalue weighted by Crippen LogP contribution is -2.23. The molecule has 1 N–H and O–H groups in total. The molecule has 0 saturated heterocycles. The molecule has 0 fully saturated rings. The first-order valence-corrected chi connectivity index (χ1v) is 12.0. The molecule has 0 heterocycles. The Balaban J connectivity index is 2.40. The van der Waals surface area contributed by atoms with E-state index in [0.29, 0.717) is 19.4 Å². The summed E-state index contributed by atoms with van der Waals surface area (Å²) < 4.78 is 5.23. The summed E-state index contributed by atoms with van der Waals surface area (Å²) >= 11 is 0. The van der Waals surface area contributed by atoms with Crippen LogP contribution in [0, 0.1) is 5.41 Å². The van der Waals surface area contributed by atoms with Crippen molar-refractivity contribution in [3.8, 4) is 0 Å². The molecule has 1 aliphatic rings. The summed E-state index contributed by atoms with van der Waals surface area (Å²) in [6.45, 7) is 14.0. The first kappa shape index (κ1) is 27.7. The molecule has 1 aliphatic carbocycles. The second-order valence-electron chi connectivity index (χ2n) is 9.37. The molecule has 4 heteroatoms. The molecule has 0 aromatic carbocycles. The number of carbonyl (C=O) groups is 2. The van der Waals surface area contributed by atoms with Crippen LogP contribution in [-0.4, -0.2) is 25.0 Å². The summed E-state index contributed by atoms with van der Waals surface area (Å²) in [5.74, 6) is -0.273. The van der Waals surface area contributed by atoms with Crippen LogP contribution in [-0.2, 0) is 14.3 Å². The maximum Gasteiger partial charge on any atom is 0.306 e. The number of amides is 1. The third-order valence-corrected chi connectivity index (χ3v) is 5.78. The van der Waals surface area contributed by atoms with Crippen LogP contribution in [0.5, 0.6) is 0 Å². The van der Waals surface area contributed by atoms with Gasteiger partial charge in [-0.3, -0.25) is 9.59 Å². The van der Waals surface area contributed by atoms with Crippen LogP contribution in [0.15, 0.2) is 58.7 Å². The van der Waals surface area contributed by atoms with Crippen molar-refractivity contribution in [1.82, 2.24) is 5.32 Å². The number of esters is 1. The van der Waals surface area contributed by atoms with Crippen LogP contribution < -0.4 is 5.32 Å². The first-order chi connectivity index (χ1) is 15.2. The van der Waals surface area contributed by atoms with Crippen LogP contribution in [0.2, 0.25) is 0 Å². The second-order valence-corrected chi connectivity index (χ2v) is 9.37. The average Bonchev–Trinajstić information content (AvgIpc) is 2.71. The van der Waals surface area contributed by atoms with E-state index in [2.05, 4.69) is 51.2 Å². The first-order valence-electron chi connectivity index (χ1n) is 12.0. The summed E-state index contributed by atoms with van der Waals surface area (Å²) in [4.78, 5) is 23.3. The van der Waals surface area contributed by atoms with E-state index in [1.807, 2.05) is 32.1 Å². The molecule has 0 saturated carbocycles. The quantitative estimate of drug-likeness (QED) is 0.269. The van der Waals surface area contributed by atoms with Crippen LogP contribution >= 0.6 is 0 Å². The molecule has 0 unspecified atom stereocenters. The molecular formula is C28H43NO3. The van der Waals surface area contributed by atoms with Gasteiger partial charge in [-0.05, 0) is 69.9 Å².